The SMILES string of the molecule is COC(=O)C[C@@H]1C[C@H]2c3cc(NS(C)(=O)=O)ccc3O[C@H]2[C@@H](CO)O1. The summed E-state index contributed by atoms with van der Waals surface area (Å²) in [5.74, 6) is 0.151. The largest absolute Gasteiger partial charge is 0.487 e. The van der Waals surface area contributed by atoms with Gasteiger partial charge in [0.1, 0.15) is 18.0 Å². The van der Waals surface area contributed by atoms with Crippen molar-refractivity contribution in [1.82, 2.24) is 0 Å². The van der Waals surface area contributed by atoms with Gasteiger partial charge in [-0.2, -0.15) is 0 Å². The molecule has 4 atom stereocenters. The van der Waals surface area contributed by atoms with Gasteiger partial charge in [0.2, 0.25) is 10.0 Å². The Balaban J connectivity index is 1.86. The minimum Gasteiger partial charge on any atom is -0.487 e. The molecule has 0 saturated carbocycles. The first-order valence-corrected chi connectivity index (χ1v) is 9.81. The molecule has 25 heavy (non-hydrogen) atoms. The van der Waals surface area contributed by atoms with Crippen LogP contribution in [0.25, 0.3) is 0 Å². The van der Waals surface area contributed by atoms with Gasteiger partial charge in [0.05, 0.1) is 32.5 Å². The fourth-order valence-electron chi connectivity index (χ4n) is 3.44. The fraction of sp³-hybridized carbons (Fsp3) is 0.562. The molecule has 0 spiro atoms. The van der Waals surface area contributed by atoms with Crippen LogP contribution in [0, 0.1) is 0 Å². The molecule has 138 valence electrons. The molecule has 0 radical (unpaired) electrons. The van der Waals surface area contributed by atoms with Crippen LogP contribution < -0.4 is 9.46 Å². The van der Waals surface area contributed by atoms with Crippen LogP contribution in [-0.4, -0.2) is 57.8 Å². The summed E-state index contributed by atoms with van der Waals surface area (Å²) >= 11 is 0. The first-order chi connectivity index (χ1) is 11.8. The molecule has 0 aliphatic carbocycles. The number of esters is 1. The number of carbonyl (C=O) groups excluding carboxylic acids is 1. The van der Waals surface area contributed by atoms with E-state index in [0.29, 0.717) is 17.9 Å². The average molecular weight is 371 g/mol. The fourth-order valence-corrected chi connectivity index (χ4v) is 3.99. The lowest BCUT2D eigenvalue weighted by Gasteiger charge is -2.36. The van der Waals surface area contributed by atoms with E-state index >= 15 is 0 Å². The molecule has 2 N–H and O–H groups in total. The zero-order valence-corrected chi connectivity index (χ0v) is 14.8. The Hall–Kier alpha value is -1.84. The van der Waals surface area contributed by atoms with E-state index in [1.807, 2.05) is 0 Å². The summed E-state index contributed by atoms with van der Waals surface area (Å²) in [4.78, 5) is 11.6. The molecule has 9 heteroatoms. The summed E-state index contributed by atoms with van der Waals surface area (Å²) in [6.45, 7) is -0.235. The van der Waals surface area contributed by atoms with Crippen LogP contribution in [0.1, 0.15) is 24.3 Å². The smallest absolute Gasteiger partial charge is 0.308 e. The lowest BCUT2D eigenvalue weighted by Crippen LogP contribution is -2.46. The predicted octanol–water partition coefficient (Wildman–Crippen LogP) is 0.616. The molecule has 0 unspecified atom stereocenters. The number of aliphatic hydroxyl groups is 1. The number of rotatable bonds is 5. The number of sulfonamides is 1. The number of anilines is 1. The van der Waals surface area contributed by atoms with Gasteiger partial charge in [-0.05, 0) is 24.6 Å². The van der Waals surface area contributed by atoms with Crippen molar-refractivity contribution in [2.24, 2.45) is 0 Å². The van der Waals surface area contributed by atoms with Gasteiger partial charge in [-0.25, -0.2) is 8.42 Å². The summed E-state index contributed by atoms with van der Waals surface area (Å²) in [7, 11) is -2.07. The number of benzene rings is 1. The monoisotopic (exact) mass is 371 g/mol. The quantitative estimate of drug-likeness (QED) is 0.730. The van der Waals surface area contributed by atoms with Crippen molar-refractivity contribution < 1.29 is 32.5 Å². The topological polar surface area (TPSA) is 111 Å². The van der Waals surface area contributed by atoms with Gasteiger partial charge in [0.25, 0.3) is 0 Å². The molecule has 1 aromatic carbocycles. The molecular formula is C16H21NO7S. The number of fused-ring (bicyclic) bond motifs is 3. The van der Waals surface area contributed by atoms with Crippen molar-refractivity contribution in [2.45, 2.75) is 37.1 Å². The van der Waals surface area contributed by atoms with Crippen LogP contribution in [0.2, 0.25) is 0 Å². The predicted molar refractivity (Wildman–Crippen MR) is 89.1 cm³/mol. The highest BCUT2D eigenvalue weighted by molar-refractivity contribution is 7.92. The zero-order valence-electron chi connectivity index (χ0n) is 14.0. The Bertz CT molecular complexity index is 764. The molecule has 2 aliphatic rings. The van der Waals surface area contributed by atoms with Crippen molar-refractivity contribution in [2.75, 3.05) is 24.7 Å². The number of ether oxygens (including phenoxy) is 3. The number of nitrogens with one attached hydrogen (secondary N) is 1. The van der Waals surface area contributed by atoms with Gasteiger partial charge >= 0.3 is 5.97 Å². The van der Waals surface area contributed by atoms with Gasteiger partial charge in [-0.3, -0.25) is 9.52 Å². The molecule has 1 aromatic rings. The third-order valence-electron chi connectivity index (χ3n) is 4.42. The number of carbonyl (C=O) groups is 1. The molecule has 8 nitrogen and oxygen atoms in total. The third kappa shape index (κ3) is 3.88. The second-order valence-corrected chi connectivity index (χ2v) is 8.06. The highest BCUT2D eigenvalue weighted by Crippen LogP contribution is 2.47. The number of aliphatic hydroxyl groups excluding tert-OH is 1. The van der Waals surface area contributed by atoms with Crippen LogP contribution in [-0.2, 0) is 24.3 Å². The Morgan fingerprint density at radius 3 is 2.84 bits per heavy atom. The van der Waals surface area contributed by atoms with E-state index in [4.69, 9.17) is 9.47 Å². The average Bonchev–Trinajstić information content (AvgIpc) is 2.90. The highest BCUT2D eigenvalue weighted by Gasteiger charge is 2.46. The molecule has 0 aromatic heterocycles. The summed E-state index contributed by atoms with van der Waals surface area (Å²) in [6, 6.07) is 5.05. The van der Waals surface area contributed by atoms with E-state index in [0.717, 1.165) is 11.8 Å². The van der Waals surface area contributed by atoms with Gasteiger partial charge in [-0.1, -0.05) is 0 Å². The van der Waals surface area contributed by atoms with Crippen LogP contribution in [0.15, 0.2) is 18.2 Å². The highest BCUT2D eigenvalue weighted by atomic mass is 32.2. The van der Waals surface area contributed by atoms with Gasteiger partial charge < -0.3 is 19.3 Å². The Morgan fingerprint density at radius 2 is 2.20 bits per heavy atom. The van der Waals surface area contributed by atoms with Crippen LogP contribution in [0.5, 0.6) is 5.75 Å². The molecule has 1 fully saturated rings. The lowest BCUT2D eigenvalue weighted by atomic mass is 9.84. The van der Waals surface area contributed by atoms with Crippen molar-refractivity contribution in [3.8, 4) is 5.75 Å². The Morgan fingerprint density at radius 1 is 1.44 bits per heavy atom. The summed E-state index contributed by atoms with van der Waals surface area (Å²) in [5.41, 5.74) is 1.29. The van der Waals surface area contributed by atoms with E-state index in [9.17, 15) is 18.3 Å². The molecule has 0 bridgehead atoms. The zero-order chi connectivity index (χ0) is 18.2. The van der Waals surface area contributed by atoms with Crippen LogP contribution in [0.3, 0.4) is 0 Å². The molecule has 2 heterocycles. The van der Waals surface area contributed by atoms with Crippen LogP contribution in [0.4, 0.5) is 5.69 Å². The maximum atomic E-state index is 11.6. The minimum absolute atomic E-state index is 0.0901. The van der Waals surface area contributed by atoms with Crippen LogP contribution >= 0.6 is 0 Å². The summed E-state index contributed by atoms with van der Waals surface area (Å²) < 4.78 is 41.7. The summed E-state index contributed by atoms with van der Waals surface area (Å²) in [6.07, 6.45) is 0.363. The Kier molecular flexibility index (Phi) is 4.90. The van der Waals surface area contributed by atoms with Gasteiger partial charge in [0, 0.05) is 17.2 Å². The first kappa shape index (κ1) is 18.0. The van der Waals surface area contributed by atoms with E-state index in [-0.39, 0.29) is 31.0 Å². The van der Waals surface area contributed by atoms with E-state index < -0.39 is 22.2 Å². The number of methoxy groups -OCH3 is 1. The van der Waals surface area contributed by atoms with Crippen molar-refractivity contribution >= 4 is 21.7 Å². The van der Waals surface area contributed by atoms with Crippen molar-refractivity contribution in [3.05, 3.63) is 23.8 Å². The van der Waals surface area contributed by atoms with E-state index in [1.165, 1.54) is 7.11 Å². The number of hydrogen-bond acceptors (Lipinski definition) is 7. The second kappa shape index (κ2) is 6.81. The Labute approximate surface area is 146 Å². The second-order valence-electron chi connectivity index (χ2n) is 6.31. The van der Waals surface area contributed by atoms with Crippen molar-refractivity contribution in [3.63, 3.8) is 0 Å². The van der Waals surface area contributed by atoms with E-state index in [1.54, 1.807) is 18.2 Å². The standard InChI is InChI=1S/C16H21NO7S/c1-22-15(19)7-10-6-12-11-5-9(17-25(2,20)21)3-4-13(11)24-16(12)14(8-18)23-10/h3-5,10,12,14,16-18H,6-8H2,1-2H3/t10-,12-,14+,16+/m0/s1. The third-order valence-corrected chi connectivity index (χ3v) is 5.03. The molecule has 0 amide bonds. The van der Waals surface area contributed by atoms with Gasteiger partial charge in [-0.15, -0.1) is 0 Å². The first-order valence-electron chi connectivity index (χ1n) is 7.92. The van der Waals surface area contributed by atoms with E-state index in [2.05, 4.69) is 9.46 Å². The molecular weight excluding hydrogens is 350 g/mol. The van der Waals surface area contributed by atoms with Gasteiger partial charge in [0.15, 0.2) is 0 Å². The maximum Gasteiger partial charge on any atom is 0.308 e. The number of hydrogen-bond donors (Lipinski definition) is 2. The normalized spacial score (nSPS) is 27.8. The van der Waals surface area contributed by atoms with Crippen molar-refractivity contribution in [1.29, 1.82) is 0 Å². The summed E-state index contributed by atoms with van der Waals surface area (Å²) in [5, 5.41) is 9.62. The maximum absolute atomic E-state index is 11.6. The molecule has 2 aliphatic heterocycles. The lowest BCUT2D eigenvalue weighted by molar-refractivity contribution is -0.156. The molecule has 1 saturated heterocycles. The molecule has 3 rings (SSSR count). The minimum atomic E-state index is -3.39.